The van der Waals surface area contributed by atoms with Crippen molar-refractivity contribution in [3.63, 3.8) is 0 Å². The fraction of sp³-hybridized carbons (Fsp3) is 0.533. The first-order chi connectivity index (χ1) is 11.5. The number of hydrogen-bond acceptors (Lipinski definition) is 3. The van der Waals surface area contributed by atoms with Gasteiger partial charge in [-0.15, -0.1) is 0 Å². The molecule has 1 aromatic carbocycles. The molecule has 1 N–H and O–H groups in total. The number of carboxylic acid groups (broad SMARTS) is 1. The van der Waals surface area contributed by atoms with Gasteiger partial charge in [-0.25, -0.2) is 0 Å². The first kappa shape index (κ1) is 19.4. The molecule has 1 heterocycles. The van der Waals surface area contributed by atoms with Crippen molar-refractivity contribution in [1.82, 2.24) is 4.90 Å². The number of carbonyl (C=O) groups is 1. The summed E-state index contributed by atoms with van der Waals surface area (Å²) in [5, 5.41) is 8.96. The van der Waals surface area contributed by atoms with E-state index < -0.39 is 43.3 Å². The molecule has 0 unspecified atom stereocenters. The minimum Gasteiger partial charge on any atom is -0.484 e. The van der Waals surface area contributed by atoms with Crippen LogP contribution in [0.5, 0.6) is 5.75 Å². The van der Waals surface area contributed by atoms with Crippen LogP contribution in [-0.4, -0.2) is 48.0 Å². The van der Waals surface area contributed by atoms with E-state index in [4.69, 9.17) is 5.11 Å². The topological polar surface area (TPSA) is 49.8 Å². The monoisotopic (exact) mass is 371 g/mol. The predicted octanol–water partition coefficient (Wildman–Crippen LogP) is 3.32. The third kappa shape index (κ3) is 5.52. The highest BCUT2D eigenvalue weighted by Gasteiger charge is 2.52. The van der Waals surface area contributed by atoms with E-state index >= 15 is 0 Å². The van der Waals surface area contributed by atoms with Gasteiger partial charge < -0.3 is 9.84 Å². The fourth-order valence-electron chi connectivity index (χ4n) is 2.71. The number of alkyl halides is 6. The summed E-state index contributed by atoms with van der Waals surface area (Å²) >= 11 is 0. The van der Waals surface area contributed by atoms with Gasteiger partial charge >= 0.3 is 18.3 Å². The average Bonchev–Trinajstić information content (AvgIpc) is 2.90. The molecule has 140 valence electrons. The smallest absolute Gasteiger partial charge is 0.422 e. The Labute approximate surface area is 139 Å². The molecule has 1 aliphatic heterocycles. The van der Waals surface area contributed by atoms with Crippen molar-refractivity contribution in [1.29, 1.82) is 0 Å². The quantitative estimate of drug-likeness (QED) is 0.807. The Hall–Kier alpha value is -1.97. The molecule has 1 saturated heterocycles. The molecular weight excluding hydrogens is 356 g/mol. The minimum absolute atomic E-state index is 0.0147. The van der Waals surface area contributed by atoms with Crippen LogP contribution in [-0.2, 0) is 11.3 Å². The lowest BCUT2D eigenvalue weighted by Crippen LogP contribution is -2.33. The van der Waals surface area contributed by atoms with Crippen LogP contribution in [0, 0.1) is 11.8 Å². The Morgan fingerprint density at radius 1 is 1.12 bits per heavy atom. The fourth-order valence-corrected chi connectivity index (χ4v) is 2.71. The minimum atomic E-state index is -4.60. The maximum Gasteiger partial charge on any atom is 0.422 e. The number of nitrogens with zero attached hydrogens (tertiary/aromatic N) is 1. The summed E-state index contributed by atoms with van der Waals surface area (Å²) in [7, 11) is 0. The van der Waals surface area contributed by atoms with Crippen molar-refractivity contribution in [2.45, 2.75) is 18.9 Å². The third-order valence-corrected chi connectivity index (χ3v) is 3.87. The van der Waals surface area contributed by atoms with Crippen LogP contribution < -0.4 is 4.74 Å². The van der Waals surface area contributed by atoms with Gasteiger partial charge in [-0.05, 0) is 17.7 Å². The molecule has 0 aromatic heterocycles. The van der Waals surface area contributed by atoms with Gasteiger partial charge in [0, 0.05) is 19.6 Å². The highest BCUT2D eigenvalue weighted by molar-refractivity contribution is 5.71. The molecule has 2 atom stereocenters. The summed E-state index contributed by atoms with van der Waals surface area (Å²) < 4.78 is 79.5. The molecule has 2 rings (SSSR count). The molecule has 0 radical (unpaired) electrons. The van der Waals surface area contributed by atoms with E-state index in [1.807, 2.05) is 0 Å². The number of likely N-dealkylation sites (tertiary alicyclic amines) is 1. The summed E-state index contributed by atoms with van der Waals surface area (Å²) in [4.78, 5) is 12.4. The first-order valence-electron chi connectivity index (χ1n) is 7.26. The van der Waals surface area contributed by atoms with Crippen molar-refractivity contribution in [2.24, 2.45) is 11.8 Å². The predicted molar refractivity (Wildman–Crippen MR) is 73.9 cm³/mol. The molecule has 0 amide bonds. The second-order valence-electron chi connectivity index (χ2n) is 5.83. The molecule has 4 nitrogen and oxygen atoms in total. The van der Waals surface area contributed by atoms with Gasteiger partial charge in [0.25, 0.3) is 0 Å². The van der Waals surface area contributed by atoms with Gasteiger partial charge in [0.1, 0.15) is 5.75 Å². The van der Waals surface area contributed by atoms with Crippen molar-refractivity contribution in [3.05, 3.63) is 29.8 Å². The van der Waals surface area contributed by atoms with Gasteiger partial charge in [0.15, 0.2) is 6.61 Å². The van der Waals surface area contributed by atoms with Crippen molar-refractivity contribution < 1.29 is 41.0 Å². The molecule has 10 heteroatoms. The average molecular weight is 371 g/mol. The molecule has 0 aliphatic carbocycles. The lowest BCUT2D eigenvalue weighted by Gasteiger charge is -2.18. The second-order valence-corrected chi connectivity index (χ2v) is 5.83. The summed E-state index contributed by atoms with van der Waals surface area (Å²) in [5.74, 6) is -4.99. The van der Waals surface area contributed by atoms with E-state index in [2.05, 4.69) is 4.74 Å². The summed E-state index contributed by atoms with van der Waals surface area (Å²) in [6.45, 7) is -2.05. The molecule has 25 heavy (non-hydrogen) atoms. The molecule has 1 aliphatic rings. The number of benzene rings is 1. The number of aliphatic carboxylic acids is 1. The van der Waals surface area contributed by atoms with Crippen LogP contribution >= 0.6 is 0 Å². The summed E-state index contributed by atoms with van der Waals surface area (Å²) in [6.07, 6.45) is -9.07. The van der Waals surface area contributed by atoms with E-state index in [1.54, 1.807) is 0 Å². The Kier molecular flexibility index (Phi) is 5.50. The third-order valence-electron chi connectivity index (χ3n) is 3.87. The number of carboxylic acids is 1. The SMILES string of the molecule is O=C(O)[C@@H]1CN(Cc2ccc(OCC(F)(F)F)cc2)C[C@H]1C(F)(F)F. The zero-order valence-electron chi connectivity index (χ0n) is 12.8. The van der Waals surface area contributed by atoms with E-state index in [-0.39, 0.29) is 18.8 Å². The molecular formula is C15H15F6NO3. The van der Waals surface area contributed by atoms with Gasteiger partial charge in [-0.3, -0.25) is 9.69 Å². The number of halogens is 6. The number of ether oxygens (including phenoxy) is 1. The zero-order valence-corrected chi connectivity index (χ0v) is 12.8. The van der Waals surface area contributed by atoms with Gasteiger partial charge in [-0.1, -0.05) is 12.1 Å². The van der Waals surface area contributed by atoms with Crippen LogP contribution in [0.3, 0.4) is 0 Å². The lowest BCUT2D eigenvalue weighted by atomic mass is 9.96. The van der Waals surface area contributed by atoms with Crippen molar-refractivity contribution in [2.75, 3.05) is 19.7 Å². The Morgan fingerprint density at radius 2 is 1.72 bits per heavy atom. The van der Waals surface area contributed by atoms with Crippen LogP contribution in [0.15, 0.2) is 24.3 Å². The highest BCUT2D eigenvalue weighted by Crippen LogP contribution is 2.38. The van der Waals surface area contributed by atoms with E-state index in [0.29, 0.717) is 5.56 Å². The van der Waals surface area contributed by atoms with Crippen LogP contribution in [0.2, 0.25) is 0 Å². The van der Waals surface area contributed by atoms with Gasteiger partial charge in [0.05, 0.1) is 11.8 Å². The van der Waals surface area contributed by atoms with Crippen molar-refractivity contribution in [3.8, 4) is 5.75 Å². The molecule has 0 saturated carbocycles. The first-order valence-corrected chi connectivity index (χ1v) is 7.26. The van der Waals surface area contributed by atoms with E-state index in [0.717, 1.165) is 0 Å². The molecule has 1 aromatic rings. The van der Waals surface area contributed by atoms with Crippen LogP contribution in [0.1, 0.15) is 5.56 Å². The van der Waals surface area contributed by atoms with E-state index in [1.165, 1.54) is 29.2 Å². The Bertz CT molecular complexity index is 599. The Morgan fingerprint density at radius 3 is 2.16 bits per heavy atom. The summed E-state index contributed by atoms with van der Waals surface area (Å²) in [5.41, 5.74) is 0.548. The van der Waals surface area contributed by atoms with Gasteiger partial charge in [0.2, 0.25) is 0 Å². The summed E-state index contributed by atoms with van der Waals surface area (Å²) in [6, 6.07) is 5.44. The largest absolute Gasteiger partial charge is 0.484 e. The standard InChI is InChI=1S/C15H15F6NO3/c16-14(17,18)8-25-10-3-1-9(2-4-10)5-22-6-11(13(23)24)12(7-22)15(19,20)21/h1-4,11-12H,5-8H2,(H,23,24)/t11-,12-/m1/s1. The number of hydrogen-bond donors (Lipinski definition) is 1. The normalized spacial score (nSPS) is 22.2. The highest BCUT2D eigenvalue weighted by atomic mass is 19.4. The van der Waals surface area contributed by atoms with E-state index in [9.17, 15) is 31.1 Å². The number of rotatable bonds is 5. The van der Waals surface area contributed by atoms with Crippen molar-refractivity contribution >= 4 is 5.97 Å². The maximum absolute atomic E-state index is 12.9. The molecule has 0 spiro atoms. The lowest BCUT2D eigenvalue weighted by molar-refractivity contribution is -0.188. The molecule has 1 fully saturated rings. The Balaban J connectivity index is 1.97. The second kappa shape index (κ2) is 7.11. The molecule has 0 bridgehead atoms. The van der Waals surface area contributed by atoms with Crippen LogP contribution in [0.4, 0.5) is 26.3 Å². The maximum atomic E-state index is 12.9. The zero-order chi connectivity index (χ0) is 18.8. The van der Waals surface area contributed by atoms with Crippen LogP contribution in [0.25, 0.3) is 0 Å². The van der Waals surface area contributed by atoms with Gasteiger partial charge in [-0.2, -0.15) is 26.3 Å².